The van der Waals surface area contributed by atoms with Gasteiger partial charge in [0, 0.05) is 18.1 Å². The first-order valence-corrected chi connectivity index (χ1v) is 7.40. The highest BCUT2D eigenvalue weighted by Crippen LogP contribution is 2.31. The van der Waals surface area contributed by atoms with Crippen LogP contribution >= 0.6 is 23.6 Å². The number of aromatic nitrogens is 1. The van der Waals surface area contributed by atoms with E-state index in [-0.39, 0.29) is 10.9 Å². The Hall–Kier alpha value is -1.05. The lowest BCUT2D eigenvalue weighted by atomic mass is 9.79. The minimum atomic E-state index is -0.758. The molecule has 5 nitrogen and oxygen atoms in total. The SMILES string of the molecule is Cc1ncsc1CNC(=O)C1(C(N)=S)CCOCC1. The van der Waals surface area contributed by atoms with E-state index in [4.69, 9.17) is 22.7 Å². The van der Waals surface area contributed by atoms with E-state index in [1.807, 2.05) is 6.92 Å². The highest BCUT2D eigenvalue weighted by Gasteiger charge is 2.42. The van der Waals surface area contributed by atoms with Crippen molar-refractivity contribution in [1.29, 1.82) is 0 Å². The molecule has 1 saturated heterocycles. The van der Waals surface area contributed by atoms with Gasteiger partial charge in [0.15, 0.2) is 0 Å². The van der Waals surface area contributed by atoms with Crippen LogP contribution in [0.3, 0.4) is 0 Å². The molecule has 0 aliphatic carbocycles. The second kappa shape index (κ2) is 5.94. The quantitative estimate of drug-likeness (QED) is 0.816. The van der Waals surface area contributed by atoms with E-state index in [1.54, 1.807) is 5.51 Å². The molecule has 1 aliphatic rings. The normalized spacial score (nSPS) is 17.9. The van der Waals surface area contributed by atoms with E-state index in [9.17, 15) is 4.79 Å². The molecule has 1 aliphatic heterocycles. The first-order chi connectivity index (χ1) is 9.06. The predicted molar refractivity (Wildman–Crippen MR) is 78.0 cm³/mol. The number of carbonyl (C=O) groups excluding carboxylic acids is 1. The third-order valence-corrected chi connectivity index (χ3v) is 4.83. The minimum absolute atomic E-state index is 0.101. The van der Waals surface area contributed by atoms with E-state index in [0.29, 0.717) is 32.6 Å². The summed E-state index contributed by atoms with van der Waals surface area (Å²) in [7, 11) is 0. The van der Waals surface area contributed by atoms with Crippen molar-refractivity contribution in [2.24, 2.45) is 11.1 Å². The van der Waals surface area contributed by atoms with E-state index in [2.05, 4.69) is 10.3 Å². The number of hydrogen-bond donors (Lipinski definition) is 2. The second-order valence-corrected chi connectivity index (χ2v) is 5.98. The number of aryl methyl sites for hydroxylation is 1. The number of nitrogens with zero attached hydrogens (tertiary/aromatic N) is 1. The van der Waals surface area contributed by atoms with Gasteiger partial charge in [-0.05, 0) is 19.8 Å². The van der Waals surface area contributed by atoms with Crippen LogP contribution < -0.4 is 11.1 Å². The highest BCUT2D eigenvalue weighted by molar-refractivity contribution is 7.80. The average Bonchev–Trinajstić information content (AvgIpc) is 2.82. The molecule has 1 fully saturated rings. The highest BCUT2D eigenvalue weighted by atomic mass is 32.1. The van der Waals surface area contributed by atoms with Crippen LogP contribution in [0.4, 0.5) is 0 Å². The van der Waals surface area contributed by atoms with Crippen LogP contribution in [0.25, 0.3) is 0 Å². The summed E-state index contributed by atoms with van der Waals surface area (Å²) in [5.74, 6) is -0.101. The van der Waals surface area contributed by atoms with Gasteiger partial charge in [-0.25, -0.2) is 4.98 Å². The molecule has 0 spiro atoms. The molecule has 2 rings (SSSR count). The first kappa shape index (κ1) is 14.4. The zero-order valence-corrected chi connectivity index (χ0v) is 12.4. The molecule has 19 heavy (non-hydrogen) atoms. The van der Waals surface area contributed by atoms with E-state index in [0.717, 1.165) is 10.6 Å². The molecule has 0 unspecified atom stereocenters. The van der Waals surface area contributed by atoms with Crippen molar-refractivity contribution in [3.05, 3.63) is 16.1 Å². The number of nitrogens with two attached hydrogens (primary N) is 1. The number of thiocarbonyl (C=S) groups is 1. The lowest BCUT2D eigenvalue weighted by molar-refractivity contribution is -0.131. The summed E-state index contributed by atoms with van der Waals surface area (Å²) in [6.07, 6.45) is 1.10. The van der Waals surface area contributed by atoms with E-state index >= 15 is 0 Å². The minimum Gasteiger partial charge on any atom is -0.392 e. The summed E-state index contributed by atoms with van der Waals surface area (Å²) in [5.41, 5.74) is 7.75. The van der Waals surface area contributed by atoms with Crippen molar-refractivity contribution < 1.29 is 9.53 Å². The number of hydrogen-bond acceptors (Lipinski definition) is 5. The summed E-state index contributed by atoms with van der Waals surface area (Å²) in [6, 6.07) is 0. The lowest BCUT2D eigenvalue weighted by Crippen LogP contribution is -2.51. The van der Waals surface area contributed by atoms with Gasteiger partial charge in [-0.1, -0.05) is 12.2 Å². The van der Waals surface area contributed by atoms with Gasteiger partial charge in [-0.3, -0.25) is 4.79 Å². The summed E-state index contributed by atoms with van der Waals surface area (Å²) >= 11 is 6.63. The van der Waals surface area contributed by atoms with Crippen molar-refractivity contribution in [2.45, 2.75) is 26.3 Å². The Morgan fingerprint density at radius 3 is 2.84 bits per heavy atom. The fraction of sp³-hybridized carbons (Fsp3) is 0.583. The molecule has 0 radical (unpaired) electrons. The standard InChI is InChI=1S/C12H17N3O2S2/c1-8-9(19-7-15-8)6-14-11(16)12(10(13)18)2-4-17-5-3-12/h7H,2-6H2,1H3,(H2,13,18)(H,14,16). The Kier molecular flexibility index (Phi) is 4.49. The molecule has 2 heterocycles. The molecule has 1 aromatic rings. The van der Waals surface area contributed by atoms with Crippen LogP contribution in [0.15, 0.2) is 5.51 Å². The van der Waals surface area contributed by atoms with Gasteiger partial charge in [-0.15, -0.1) is 11.3 Å². The largest absolute Gasteiger partial charge is 0.392 e. The van der Waals surface area contributed by atoms with Gasteiger partial charge in [0.2, 0.25) is 5.91 Å². The molecule has 0 bridgehead atoms. The summed E-state index contributed by atoms with van der Waals surface area (Å²) < 4.78 is 5.29. The Labute approximate surface area is 121 Å². The number of carbonyl (C=O) groups is 1. The monoisotopic (exact) mass is 299 g/mol. The second-order valence-electron chi connectivity index (χ2n) is 4.60. The molecule has 0 aromatic carbocycles. The van der Waals surface area contributed by atoms with Crippen molar-refractivity contribution in [2.75, 3.05) is 13.2 Å². The number of thiazole rings is 1. The third kappa shape index (κ3) is 2.93. The number of amides is 1. The molecular formula is C12H17N3O2S2. The van der Waals surface area contributed by atoms with Gasteiger partial charge < -0.3 is 15.8 Å². The average molecular weight is 299 g/mol. The molecule has 1 aromatic heterocycles. The van der Waals surface area contributed by atoms with E-state index in [1.165, 1.54) is 11.3 Å². The number of nitrogens with one attached hydrogen (secondary N) is 1. The molecular weight excluding hydrogens is 282 g/mol. The van der Waals surface area contributed by atoms with Crippen LogP contribution in [0.5, 0.6) is 0 Å². The maximum Gasteiger partial charge on any atom is 0.233 e. The van der Waals surface area contributed by atoms with E-state index < -0.39 is 5.41 Å². The van der Waals surface area contributed by atoms with Gasteiger partial charge in [0.1, 0.15) is 5.41 Å². The zero-order chi connectivity index (χ0) is 13.9. The Balaban J connectivity index is 2.04. The number of ether oxygens (including phenoxy) is 1. The Morgan fingerprint density at radius 1 is 1.63 bits per heavy atom. The summed E-state index contributed by atoms with van der Waals surface area (Å²) in [4.78, 5) is 17.9. The smallest absolute Gasteiger partial charge is 0.233 e. The van der Waals surface area contributed by atoms with Crippen molar-refractivity contribution >= 4 is 34.5 Å². The predicted octanol–water partition coefficient (Wildman–Crippen LogP) is 1.15. The van der Waals surface area contributed by atoms with Crippen molar-refractivity contribution in [3.63, 3.8) is 0 Å². The maximum absolute atomic E-state index is 12.4. The van der Waals surface area contributed by atoms with Crippen molar-refractivity contribution in [1.82, 2.24) is 10.3 Å². The lowest BCUT2D eigenvalue weighted by Gasteiger charge is -2.34. The maximum atomic E-state index is 12.4. The third-order valence-electron chi connectivity index (χ3n) is 3.51. The van der Waals surface area contributed by atoms with Crippen LogP contribution in [-0.2, 0) is 16.1 Å². The van der Waals surface area contributed by atoms with Gasteiger partial charge in [0.05, 0.1) is 22.7 Å². The molecule has 1 amide bonds. The van der Waals surface area contributed by atoms with Gasteiger partial charge in [0.25, 0.3) is 0 Å². The first-order valence-electron chi connectivity index (χ1n) is 6.11. The molecule has 3 N–H and O–H groups in total. The topological polar surface area (TPSA) is 77.2 Å². The summed E-state index contributed by atoms with van der Waals surface area (Å²) in [6.45, 7) is 3.44. The number of rotatable bonds is 4. The zero-order valence-electron chi connectivity index (χ0n) is 10.8. The van der Waals surface area contributed by atoms with Gasteiger partial charge >= 0.3 is 0 Å². The van der Waals surface area contributed by atoms with Crippen LogP contribution in [-0.4, -0.2) is 29.1 Å². The Morgan fingerprint density at radius 2 is 2.32 bits per heavy atom. The van der Waals surface area contributed by atoms with Crippen LogP contribution in [0, 0.1) is 12.3 Å². The summed E-state index contributed by atoms with van der Waals surface area (Å²) in [5, 5.41) is 2.93. The molecule has 0 atom stereocenters. The Bertz CT molecular complexity index is 481. The van der Waals surface area contributed by atoms with Gasteiger partial charge in [-0.2, -0.15) is 0 Å². The van der Waals surface area contributed by atoms with Crippen LogP contribution in [0.1, 0.15) is 23.4 Å². The molecule has 104 valence electrons. The van der Waals surface area contributed by atoms with Crippen LogP contribution in [0.2, 0.25) is 0 Å². The molecule has 7 heteroatoms. The fourth-order valence-corrected chi connectivity index (χ4v) is 3.14. The fourth-order valence-electron chi connectivity index (χ4n) is 2.13. The van der Waals surface area contributed by atoms with Crippen molar-refractivity contribution in [3.8, 4) is 0 Å². The molecule has 0 saturated carbocycles.